The summed E-state index contributed by atoms with van der Waals surface area (Å²) in [6, 6.07) is 15.3. The maximum atomic E-state index is 12.8. The lowest BCUT2D eigenvalue weighted by atomic mass is 10.1. The number of aromatic nitrogens is 1. The number of rotatable bonds is 8. The number of nitrogens with zero attached hydrogens (tertiary/aromatic N) is 2. The molecule has 0 bridgehead atoms. The Morgan fingerprint density at radius 3 is 2.54 bits per heavy atom. The number of hydrogen-bond acceptors (Lipinski definition) is 5. The highest BCUT2D eigenvalue weighted by atomic mass is 19.4. The van der Waals surface area contributed by atoms with Crippen LogP contribution in [0.15, 0.2) is 71.9 Å². The second kappa shape index (κ2) is 11.1. The molecule has 1 aliphatic rings. The van der Waals surface area contributed by atoms with Crippen molar-refractivity contribution in [2.45, 2.75) is 38.0 Å². The molecule has 3 aromatic rings. The number of nitrogens with one attached hydrogen (secondary N) is 1. The Balaban J connectivity index is 1.48. The number of ether oxygens (including phenoxy) is 2. The molecule has 1 aliphatic carbocycles. The van der Waals surface area contributed by atoms with Crippen molar-refractivity contribution in [3.63, 3.8) is 0 Å². The minimum atomic E-state index is -4.43. The second-order valence-corrected chi connectivity index (χ2v) is 8.11. The van der Waals surface area contributed by atoms with Crippen LogP contribution in [-0.4, -0.2) is 24.4 Å². The van der Waals surface area contributed by atoms with Gasteiger partial charge in [0.1, 0.15) is 5.82 Å². The fraction of sp³-hybridized carbons (Fsp3) is 0.259. The zero-order chi connectivity index (χ0) is 24.7. The number of methoxy groups -OCH3 is 1. The molecule has 1 heterocycles. The molecule has 0 unspecified atom stereocenters. The lowest BCUT2D eigenvalue weighted by molar-refractivity contribution is -0.137. The predicted molar refractivity (Wildman–Crippen MR) is 132 cm³/mol. The van der Waals surface area contributed by atoms with Crippen LogP contribution in [0.4, 0.5) is 30.4 Å². The number of alkyl halides is 3. The van der Waals surface area contributed by atoms with Gasteiger partial charge in [-0.15, -0.1) is 0 Å². The molecule has 2 aromatic carbocycles. The summed E-state index contributed by atoms with van der Waals surface area (Å²) in [4.78, 5) is 8.36. The number of hydrogen-bond donors (Lipinski definition) is 1. The van der Waals surface area contributed by atoms with Crippen LogP contribution in [0.1, 0.15) is 36.8 Å². The molecule has 0 radical (unpaired) electrons. The third-order valence-electron chi connectivity index (χ3n) is 5.65. The van der Waals surface area contributed by atoms with E-state index >= 15 is 0 Å². The van der Waals surface area contributed by atoms with Crippen LogP contribution < -0.4 is 14.8 Å². The number of para-hydroxylation sites is 3. The fourth-order valence-electron chi connectivity index (χ4n) is 3.86. The summed E-state index contributed by atoms with van der Waals surface area (Å²) in [7, 11) is 1.63. The first-order chi connectivity index (χ1) is 16.9. The van der Waals surface area contributed by atoms with E-state index in [2.05, 4.69) is 15.3 Å². The Labute approximate surface area is 202 Å². The topological polar surface area (TPSA) is 55.7 Å². The van der Waals surface area contributed by atoms with E-state index in [1.54, 1.807) is 25.5 Å². The lowest BCUT2D eigenvalue weighted by Gasteiger charge is -2.17. The van der Waals surface area contributed by atoms with Crippen LogP contribution >= 0.6 is 0 Å². The number of halogens is 3. The van der Waals surface area contributed by atoms with Gasteiger partial charge in [-0.3, -0.25) is 4.99 Å². The lowest BCUT2D eigenvalue weighted by Crippen LogP contribution is -2.12. The molecule has 1 aromatic heterocycles. The van der Waals surface area contributed by atoms with Gasteiger partial charge in [-0.1, -0.05) is 24.3 Å². The van der Waals surface area contributed by atoms with E-state index in [4.69, 9.17) is 9.47 Å². The zero-order valence-electron chi connectivity index (χ0n) is 19.3. The summed E-state index contributed by atoms with van der Waals surface area (Å²) in [5.41, 5.74) is 1.33. The van der Waals surface area contributed by atoms with E-state index in [0.717, 1.165) is 36.4 Å². The number of pyridine rings is 1. The van der Waals surface area contributed by atoms with Crippen molar-refractivity contribution in [2.24, 2.45) is 4.99 Å². The van der Waals surface area contributed by atoms with Crippen LogP contribution in [0.2, 0.25) is 0 Å². The van der Waals surface area contributed by atoms with Crippen LogP contribution in [0.5, 0.6) is 11.5 Å². The van der Waals surface area contributed by atoms with Gasteiger partial charge < -0.3 is 14.8 Å². The SMILES string of the molecule is COc1cccc(C=CC=Nc2ccccc2Nc2ccc(C(F)(F)F)cn2)c1OC1CCCC1. The van der Waals surface area contributed by atoms with E-state index in [9.17, 15) is 13.2 Å². The molecule has 0 spiro atoms. The second-order valence-electron chi connectivity index (χ2n) is 8.11. The Hall–Kier alpha value is -3.81. The molecule has 182 valence electrons. The smallest absolute Gasteiger partial charge is 0.417 e. The van der Waals surface area contributed by atoms with Gasteiger partial charge in [-0.25, -0.2) is 4.98 Å². The van der Waals surface area contributed by atoms with E-state index in [-0.39, 0.29) is 6.10 Å². The average Bonchev–Trinajstić information content (AvgIpc) is 3.36. The molecule has 0 aliphatic heterocycles. The van der Waals surface area contributed by atoms with Crippen molar-refractivity contribution in [1.82, 2.24) is 4.98 Å². The van der Waals surface area contributed by atoms with Crippen molar-refractivity contribution in [3.8, 4) is 11.5 Å². The Morgan fingerprint density at radius 1 is 1.03 bits per heavy atom. The van der Waals surface area contributed by atoms with E-state index < -0.39 is 11.7 Å². The van der Waals surface area contributed by atoms with Gasteiger partial charge in [0.05, 0.1) is 30.2 Å². The van der Waals surface area contributed by atoms with E-state index in [1.165, 1.54) is 18.9 Å². The first-order valence-electron chi connectivity index (χ1n) is 11.4. The van der Waals surface area contributed by atoms with E-state index in [0.29, 0.717) is 22.9 Å². The number of aliphatic imine (C=N–C) groups is 1. The minimum absolute atomic E-state index is 0.198. The molecule has 0 saturated heterocycles. The highest BCUT2D eigenvalue weighted by molar-refractivity contribution is 5.84. The van der Waals surface area contributed by atoms with Gasteiger partial charge in [0.2, 0.25) is 0 Å². The van der Waals surface area contributed by atoms with Crippen LogP contribution in [0, 0.1) is 0 Å². The van der Waals surface area contributed by atoms with Crippen LogP contribution in [0.3, 0.4) is 0 Å². The number of benzene rings is 2. The predicted octanol–water partition coefficient (Wildman–Crippen LogP) is 7.59. The maximum Gasteiger partial charge on any atom is 0.417 e. The number of allylic oxidation sites excluding steroid dienone is 1. The number of anilines is 2. The largest absolute Gasteiger partial charge is 0.493 e. The van der Waals surface area contributed by atoms with Crippen molar-refractivity contribution < 1.29 is 22.6 Å². The van der Waals surface area contributed by atoms with Gasteiger partial charge in [0.15, 0.2) is 11.5 Å². The van der Waals surface area contributed by atoms with Gasteiger partial charge in [-0.05, 0) is 68.2 Å². The van der Waals surface area contributed by atoms with Crippen molar-refractivity contribution in [3.05, 3.63) is 78.0 Å². The van der Waals surface area contributed by atoms with Gasteiger partial charge in [-0.2, -0.15) is 13.2 Å². The molecule has 4 rings (SSSR count). The summed E-state index contributed by atoms with van der Waals surface area (Å²) in [5, 5.41) is 3.02. The molecule has 0 amide bonds. The molecular weight excluding hydrogens is 455 g/mol. The van der Waals surface area contributed by atoms with Crippen LogP contribution in [-0.2, 0) is 6.18 Å². The fourth-order valence-corrected chi connectivity index (χ4v) is 3.86. The van der Waals surface area contributed by atoms with Crippen molar-refractivity contribution >= 4 is 29.5 Å². The van der Waals surface area contributed by atoms with E-state index in [1.807, 2.05) is 42.5 Å². The van der Waals surface area contributed by atoms with Gasteiger partial charge >= 0.3 is 6.18 Å². The van der Waals surface area contributed by atoms with Gasteiger partial charge in [0.25, 0.3) is 0 Å². The standard InChI is InChI=1S/C27H26F3N3O2/c1-34-24-14-6-8-19(26(24)35-21-10-2-3-11-21)9-7-17-31-22-12-4-5-13-23(22)33-25-16-15-20(18-32-25)27(28,29)30/h4-9,12-18,21H,2-3,10-11H2,1H3,(H,32,33). The maximum absolute atomic E-state index is 12.8. The Kier molecular flexibility index (Phi) is 7.70. The minimum Gasteiger partial charge on any atom is -0.493 e. The molecule has 1 fully saturated rings. The third kappa shape index (κ3) is 6.41. The summed E-state index contributed by atoms with van der Waals surface area (Å²) in [5.74, 6) is 1.71. The highest BCUT2D eigenvalue weighted by Crippen LogP contribution is 2.36. The first kappa shape index (κ1) is 24.3. The Morgan fingerprint density at radius 2 is 1.83 bits per heavy atom. The monoisotopic (exact) mass is 481 g/mol. The van der Waals surface area contributed by atoms with Crippen LogP contribution in [0.25, 0.3) is 6.08 Å². The zero-order valence-corrected chi connectivity index (χ0v) is 19.3. The summed E-state index contributed by atoms with van der Waals surface area (Å²) >= 11 is 0. The first-order valence-corrected chi connectivity index (χ1v) is 11.4. The molecule has 5 nitrogen and oxygen atoms in total. The molecule has 0 atom stereocenters. The molecular formula is C27H26F3N3O2. The average molecular weight is 482 g/mol. The third-order valence-corrected chi connectivity index (χ3v) is 5.65. The summed E-state index contributed by atoms with van der Waals surface area (Å²) in [6.45, 7) is 0. The van der Waals surface area contributed by atoms with Crippen molar-refractivity contribution in [1.29, 1.82) is 0 Å². The molecule has 35 heavy (non-hydrogen) atoms. The van der Waals surface area contributed by atoms with Gasteiger partial charge in [0, 0.05) is 18.0 Å². The molecule has 1 N–H and O–H groups in total. The molecule has 1 saturated carbocycles. The summed E-state index contributed by atoms with van der Waals surface area (Å²) < 4.78 is 50.1. The highest BCUT2D eigenvalue weighted by Gasteiger charge is 2.30. The quantitative estimate of drug-likeness (QED) is 0.337. The Bertz CT molecular complexity index is 1190. The normalized spacial score (nSPS) is 14.6. The molecule has 8 heteroatoms. The summed E-state index contributed by atoms with van der Waals surface area (Å²) in [6.07, 6.45) is 6.37. The van der Waals surface area contributed by atoms with Crippen molar-refractivity contribution in [2.75, 3.05) is 12.4 Å².